The standard InChI is InChI=1S/C22H25ClFN3O4/c1-13-11-21(26-20(29)18-9-14(2)27-31-18)5-7-22(13,8-6-21)25-19(28)12-30-15-3-4-16(23)17(24)10-15/h3-4,9-10,13H,5-8,11-12H2,1-2H3,(H,25,28)(H,26,29)/t13-,21?,22?/m1/s1. The molecule has 2 amide bonds. The number of ether oxygens (including phenoxy) is 1. The third-order valence-electron chi connectivity index (χ3n) is 6.62. The van der Waals surface area contributed by atoms with E-state index in [1.165, 1.54) is 12.1 Å². The summed E-state index contributed by atoms with van der Waals surface area (Å²) in [6.07, 6.45) is 3.80. The van der Waals surface area contributed by atoms with Crippen molar-refractivity contribution in [3.63, 3.8) is 0 Å². The molecule has 0 spiro atoms. The lowest BCUT2D eigenvalue weighted by Gasteiger charge is -2.57. The fraction of sp³-hybridized carbons (Fsp3) is 0.500. The number of benzene rings is 1. The number of aryl methyl sites for hydroxylation is 1. The molecule has 0 unspecified atom stereocenters. The molecule has 0 aliphatic heterocycles. The van der Waals surface area contributed by atoms with Crippen molar-refractivity contribution >= 4 is 23.4 Å². The zero-order valence-electron chi connectivity index (χ0n) is 17.5. The van der Waals surface area contributed by atoms with Crippen molar-refractivity contribution in [1.82, 2.24) is 15.8 Å². The van der Waals surface area contributed by atoms with Crippen LogP contribution in [0.2, 0.25) is 5.02 Å². The third kappa shape index (κ3) is 4.39. The summed E-state index contributed by atoms with van der Waals surface area (Å²) in [5.41, 5.74) is 0.0238. The van der Waals surface area contributed by atoms with Crippen LogP contribution in [0, 0.1) is 18.7 Å². The van der Waals surface area contributed by atoms with Gasteiger partial charge in [-0.15, -0.1) is 0 Å². The summed E-state index contributed by atoms with van der Waals surface area (Å²) >= 11 is 5.66. The SMILES string of the molecule is Cc1cc(C(=O)NC23CCC(NC(=O)COc4ccc(Cl)c(F)c4)(CC2)[C@H](C)C3)on1. The Kier molecular flexibility index (Phi) is 5.68. The molecule has 2 N–H and O–H groups in total. The normalized spacial score (nSPS) is 27.0. The second-order valence-corrected chi connectivity index (χ2v) is 9.15. The number of carbonyl (C=O) groups is 2. The summed E-state index contributed by atoms with van der Waals surface area (Å²) in [5, 5.41) is 10.1. The molecule has 3 aliphatic rings. The average molecular weight is 450 g/mol. The van der Waals surface area contributed by atoms with Gasteiger partial charge in [-0.1, -0.05) is 23.7 Å². The smallest absolute Gasteiger partial charge is 0.290 e. The minimum absolute atomic E-state index is 0.00273. The highest BCUT2D eigenvalue weighted by Crippen LogP contribution is 2.50. The molecule has 9 heteroatoms. The van der Waals surface area contributed by atoms with E-state index >= 15 is 0 Å². The van der Waals surface area contributed by atoms with Crippen molar-refractivity contribution in [2.45, 2.75) is 57.0 Å². The molecule has 1 heterocycles. The Hall–Kier alpha value is -2.61. The summed E-state index contributed by atoms with van der Waals surface area (Å²) in [7, 11) is 0. The largest absolute Gasteiger partial charge is 0.484 e. The Morgan fingerprint density at radius 2 is 2.00 bits per heavy atom. The van der Waals surface area contributed by atoms with Gasteiger partial charge in [0.2, 0.25) is 5.76 Å². The molecular formula is C22H25ClFN3O4. The van der Waals surface area contributed by atoms with Crippen LogP contribution in [0.15, 0.2) is 28.8 Å². The molecule has 1 aromatic heterocycles. The van der Waals surface area contributed by atoms with Crippen LogP contribution in [-0.4, -0.2) is 34.7 Å². The number of nitrogens with one attached hydrogen (secondary N) is 2. The summed E-state index contributed by atoms with van der Waals surface area (Å²) in [4.78, 5) is 25.1. The van der Waals surface area contributed by atoms with E-state index < -0.39 is 5.82 Å². The van der Waals surface area contributed by atoms with E-state index in [1.54, 1.807) is 13.0 Å². The number of carbonyl (C=O) groups excluding carboxylic acids is 2. The summed E-state index contributed by atoms with van der Waals surface area (Å²) in [6.45, 7) is 3.65. The van der Waals surface area contributed by atoms with Crippen molar-refractivity contribution in [2.24, 2.45) is 5.92 Å². The van der Waals surface area contributed by atoms with E-state index in [-0.39, 0.29) is 51.9 Å². The number of fused-ring (bicyclic) bond motifs is 3. The van der Waals surface area contributed by atoms with E-state index in [9.17, 15) is 14.0 Å². The lowest BCUT2D eigenvalue weighted by Crippen LogP contribution is -2.67. The maximum absolute atomic E-state index is 13.5. The first kappa shape index (κ1) is 21.6. The Morgan fingerprint density at radius 3 is 2.61 bits per heavy atom. The van der Waals surface area contributed by atoms with E-state index in [2.05, 4.69) is 22.7 Å². The molecule has 7 nitrogen and oxygen atoms in total. The lowest BCUT2D eigenvalue weighted by atomic mass is 9.56. The van der Waals surface area contributed by atoms with Gasteiger partial charge in [0, 0.05) is 23.2 Å². The first-order valence-corrected chi connectivity index (χ1v) is 10.7. The van der Waals surface area contributed by atoms with Crippen LogP contribution in [0.4, 0.5) is 4.39 Å². The topological polar surface area (TPSA) is 93.5 Å². The van der Waals surface area contributed by atoms with Crippen molar-refractivity contribution in [3.8, 4) is 5.75 Å². The minimum Gasteiger partial charge on any atom is -0.484 e. The fourth-order valence-corrected chi connectivity index (χ4v) is 5.00. The Balaban J connectivity index is 1.34. The van der Waals surface area contributed by atoms with Gasteiger partial charge in [-0.2, -0.15) is 0 Å². The second kappa shape index (κ2) is 8.15. The van der Waals surface area contributed by atoms with Crippen molar-refractivity contribution in [1.29, 1.82) is 0 Å². The molecule has 0 radical (unpaired) electrons. The zero-order chi connectivity index (χ0) is 22.2. The summed E-state index contributed by atoms with van der Waals surface area (Å²) in [6, 6.07) is 5.69. The monoisotopic (exact) mass is 449 g/mol. The zero-order valence-corrected chi connectivity index (χ0v) is 18.2. The van der Waals surface area contributed by atoms with Crippen LogP contribution < -0.4 is 15.4 Å². The van der Waals surface area contributed by atoms with E-state index in [0.717, 1.165) is 38.2 Å². The molecule has 166 valence electrons. The van der Waals surface area contributed by atoms with Gasteiger partial charge in [-0.05, 0) is 57.1 Å². The highest BCUT2D eigenvalue weighted by molar-refractivity contribution is 6.30. The van der Waals surface area contributed by atoms with Gasteiger partial charge in [0.25, 0.3) is 11.8 Å². The molecule has 0 saturated heterocycles. The number of amides is 2. The highest BCUT2D eigenvalue weighted by atomic mass is 35.5. The number of hydrogen-bond donors (Lipinski definition) is 2. The highest BCUT2D eigenvalue weighted by Gasteiger charge is 2.54. The van der Waals surface area contributed by atoms with E-state index in [0.29, 0.717) is 5.69 Å². The van der Waals surface area contributed by atoms with Gasteiger partial charge in [0.15, 0.2) is 6.61 Å². The molecule has 3 fully saturated rings. The van der Waals surface area contributed by atoms with Gasteiger partial charge in [-0.3, -0.25) is 9.59 Å². The molecule has 1 atom stereocenters. The second-order valence-electron chi connectivity index (χ2n) is 8.74. The molecule has 31 heavy (non-hydrogen) atoms. The molecule has 1 aromatic carbocycles. The van der Waals surface area contributed by atoms with Gasteiger partial charge in [0.05, 0.1) is 10.7 Å². The van der Waals surface area contributed by atoms with Gasteiger partial charge in [0.1, 0.15) is 11.6 Å². The maximum atomic E-state index is 13.5. The van der Waals surface area contributed by atoms with Gasteiger partial charge in [-0.25, -0.2) is 4.39 Å². The van der Waals surface area contributed by atoms with Crippen LogP contribution in [0.3, 0.4) is 0 Å². The predicted octanol–water partition coefficient (Wildman–Crippen LogP) is 3.79. The van der Waals surface area contributed by atoms with Crippen LogP contribution in [-0.2, 0) is 4.79 Å². The van der Waals surface area contributed by atoms with E-state index in [4.69, 9.17) is 20.9 Å². The fourth-order valence-electron chi connectivity index (χ4n) is 4.88. The first-order chi connectivity index (χ1) is 14.7. The molecule has 3 aliphatic carbocycles. The van der Waals surface area contributed by atoms with Crippen molar-refractivity contribution < 1.29 is 23.2 Å². The Labute approximate surface area is 184 Å². The number of nitrogens with zero attached hydrogens (tertiary/aromatic N) is 1. The lowest BCUT2D eigenvalue weighted by molar-refractivity contribution is -0.128. The Bertz CT molecular complexity index is 1000. The number of hydrogen-bond acceptors (Lipinski definition) is 5. The molecule has 2 aromatic rings. The molecular weight excluding hydrogens is 425 g/mol. The Morgan fingerprint density at radius 1 is 1.26 bits per heavy atom. The molecule has 5 rings (SSSR count). The van der Waals surface area contributed by atoms with Gasteiger partial charge < -0.3 is 19.9 Å². The first-order valence-electron chi connectivity index (χ1n) is 10.4. The summed E-state index contributed by atoms with van der Waals surface area (Å²) < 4.78 is 24.0. The number of halogens is 2. The van der Waals surface area contributed by atoms with Crippen LogP contribution in [0.1, 0.15) is 55.3 Å². The average Bonchev–Trinajstić information content (AvgIpc) is 3.17. The van der Waals surface area contributed by atoms with Crippen molar-refractivity contribution in [3.05, 3.63) is 46.6 Å². The van der Waals surface area contributed by atoms with Crippen molar-refractivity contribution in [2.75, 3.05) is 6.61 Å². The predicted molar refractivity (Wildman–Crippen MR) is 111 cm³/mol. The minimum atomic E-state index is -0.592. The maximum Gasteiger partial charge on any atom is 0.290 e. The molecule has 3 saturated carbocycles. The van der Waals surface area contributed by atoms with Crippen LogP contribution in [0.5, 0.6) is 5.75 Å². The third-order valence-corrected chi connectivity index (χ3v) is 6.93. The quantitative estimate of drug-likeness (QED) is 0.699. The number of rotatable bonds is 6. The van der Waals surface area contributed by atoms with Crippen LogP contribution >= 0.6 is 11.6 Å². The van der Waals surface area contributed by atoms with Crippen LogP contribution in [0.25, 0.3) is 0 Å². The summed E-state index contributed by atoms with van der Waals surface area (Å²) in [5.74, 6) is -0.466. The molecule has 2 bridgehead atoms. The van der Waals surface area contributed by atoms with E-state index in [1.807, 2.05) is 0 Å². The number of aromatic nitrogens is 1. The van der Waals surface area contributed by atoms with Gasteiger partial charge >= 0.3 is 0 Å².